The zero-order valence-corrected chi connectivity index (χ0v) is 11.3. The summed E-state index contributed by atoms with van der Waals surface area (Å²) in [5.74, 6) is 0.920. The van der Waals surface area contributed by atoms with Crippen molar-refractivity contribution >= 4 is 0 Å². The Labute approximate surface area is 107 Å². The van der Waals surface area contributed by atoms with Gasteiger partial charge >= 0.3 is 0 Å². The van der Waals surface area contributed by atoms with Crippen LogP contribution in [0.5, 0.6) is 5.75 Å². The molecule has 2 rings (SSSR count). The quantitative estimate of drug-likeness (QED) is 0.873. The summed E-state index contributed by atoms with van der Waals surface area (Å²) in [6.45, 7) is 6.70. The van der Waals surface area contributed by atoms with Crippen LogP contribution < -0.4 is 10.5 Å². The number of benzene rings is 1. The van der Waals surface area contributed by atoms with E-state index in [1.165, 1.54) is 5.56 Å². The van der Waals surface area contributed by atoms with Gasteiger partial charge in [-0.1, -0.05) is 0 Å². The van der Waals surface area contributed by atoms with Gasteiger partial charge in [0, 0.05) is 17.8 Å². The van der Waals surface area contributed by atoms with Crippen molar-refractivity contribution in [1.82, 2.24) is 10.2 Å². The molecule has 0 aliphatic heterocycles. The third kappa shape index (κ3) is 1.99. The molecule has 0 atom stereocenters. The van der Waals surface area contributed by atoms with E-state index < -0.39 is 0 Å². The Morgan fingerprint density at radius 1 is 1.22 bits per heavy atom. The van der Waals surface area contributed by atoms with Crippen LogP contribution in [-0.4, -0.2) is 17.3 Å². The summed E-state index contributed by atoms with van der Waals surface area (Å²) in [7, 11) is 1.70. The molecule has 0 saturated carbocycles. The largest absolute Gasteiger partial charge is 0.496 e. The van der Waals surface area contributed by atoms with E-state index in [1.807, 2.05) is 6.07 Å². The van der Waals surface area contributed by atoms with Crippen molar-refractivity contribution in [2.24, 2.45) is 5.73 Å². The number of hydrogen-bond donors (Lipinski definition) is 2. The first-order valence-electron chi connectivity index (χ1n) is 5.98. The van der Waals surface area contributed by atoms with Crippen molar-refractivity contribution in [3.05, 3.63) is 34.5 Å². The number of aromatic amines is 1. The third-order valence-corrected chi connectivity index (χ3v) is 3.38. The zero-order valence-electron chi connectivity index (χ0n) is 11.3. The topological polar surface area (TPSA) is 63.9 Å². The lowest BCUT2D eigenvalue weighted by atomic mass is 9.95. The van der Waals surface area contributed by atoms with E-state index in [1.54, 1.807) is 7.11 Å². The fraction of sp³-hybridized carbons (Fsp3) is 0.357. The molecule has 1 aromatic heterocycles. The second-order valence-electron chi connectivity index (χ2n) is 4.50. The smallest absolute Gasteiger partial charge is 0.122 e. The zero-order chi connectivity index (χ0) is 13.3. The van der Waals surface area contributed by atoms with Crippen LogP contribution in [0.1, 0.15) is 22.4 Å². The highest BCUT2D eigenvalue weighted by atomic mass is 16.5. The van der Waals surface area contributed by atoms with Gasteiger partial charge in [-0.3, -0.25) is 5.10 Å². The minimum Gasteiger partial charge on any atom is -0.496 e. The monoisotopic (exact) mass is 245 g/mol. The van der Waals surface area contributed by atoms with Gasteiger partial charge in [-0.25, -0.2) is 0 Å². The number of nitrogens with zero attached hydrogens (tertiary/aromatic N) is 1. The number of hydrogen-bond acceptors (Lipinski definition) is 3. The first-order chi connectivity index (χ1) is 8.58. The fourth-order valence-electron chi connectivity index (χ4n) is 2.25. The first kappa shape index (κ1) is 12.6. The molecule has 2 aromatic rings. The maximum atomic E-state index is 5.60. The number of rotatable bonds is 3. The Kier molecular flexibility index (Phi) is 3.39. The van der Waals surface area contributed by atoms with Crippen LogP contribution in [0.4, 0.5) is 0 Å². The molecule has 0 amide bonds. The molecule has 0 aliphatic carbocycles. The van der Waals surface area contributed by atoms with Gasteiger partial charge in [-0.2, -0.15) is 5.10 Å². The molecule has 0 unspecified atom stereocenters. The van der Waals surface area contributed by atoms with Crippen LogP contribution in [0.15, 0.2) is 12.1 Å². The van der Waals surface area contributed by atoms with Crippen LogP contribution in [0.2, 0.25) is 0 Å². The van der Waals surface area contributed by atoms with E-state index >= 15 is 0 Å². The van der Waals surface area contributed by atoms with Crippen LogP contribution in [0.25, 0.3) is 11.3 Å². The molecular weight excluding hydrogens is 226 g/mol. The van der Waals surface area contributed by atoms with Gasteiger partial charge in [-0.15, -0.1) is 0 Å². The lowest BCUT2D eigenvalue weighted by molar-refractivity contribution is 0.411. The maximum Gasteiger partial charge on any atom is 0.122 e. The fourth-order valence-corrected chi connectivity index (χ4v) is 2.25. The lowest BCUT2D eigenvalue weighted by Crippen LogP contribution is -1.96. The van der Waals surface area contributed by atoms with E-state index in [0.717, 1.165) is 33.8 Å². The summed E-state index contributed by atoms with van der Waals surface area (Å²) in [5.41, 5.74) is 12.1. The molecule has 1 heterocycles. The highest BCUT2D eigenvalue weighted by Gasteiger charge is 2.14. The molecular formula is C14H19N3O. The van der Waals surface area contributed by atoms with Gasteiger partial charge in [-0.05, 0) is 49.6 Å². The summed E-state index contributed by atoms with van der Waals surface area (Å²) >= 11 is 0. The van der Waals surface area contributed by atoms with Crippen LogP contribution in [0, 0.1) is 20.8 Å². The third-order valence-electron chi connectivity index (χ3n) is 3.38. The highest BCUT2D eigenvalue weighted by Crippen LogP contribution is 2.33. The van der Waals surface area contributed by atoms with Crippen LogP contribution in [-0.2, 0) is 6.54 Å². The Balaban J connectivity index is 2.60. The lowest BCUT2D eigenvalue weighted by Gasteiger charge is -2.14. The predicted molar refractivity (Wildman–Crippen MR) is 72.7 cm³/mol. The van der Waals surface area contributed by atoms with Gasteiger partial charge in [0.05, 0.1) is 12.8 Å². The van der Waals surface area contributed by atoms with Crippen molar-refractivity contribution in [2.75, 3.05) is 7.11 Å². The van der Waals surface area contributed by atoms with Gasteiger partial charge < -0.3 is 10.5 Å². The molecule has 0 aliphatic rings. The van der Waals surface area contributed by atoms with Gasteiger partial charge in [0.15, 0.2) is 0 Å². The van der Waals surface area contributed by atoms with Gasteiger partial charge in [0.2, 0.25) is 0 Å². The molecule has 0 spiro atoms. The molecule has 0 radical (unpaired) electrons. The molecule has 4 nitrogen and oxygen atoms in total. The number of aryl methyl sites for hydroxylation is 1. The van der Waals surface area contributed by atoms with Gasteiger partial charge in [0.25, 0.3) is 0 Å². The molecule has 0 bridgehead atoms. The summed E-state index contributed by atoms with van der Waals surface area (Å²) in [6, 6.07) is 4.05. The van der Waals surface area contributed by atoms with E-state index in [-0.39, 0.29) is 0 Å². The Morgan fingerprint density at radius 2 is 1.94 bits per heavy atom. The predicted octanol–water partition coefficient (Wildman–Crippen LogP) is 2.47. The van der Waals surface area contributed by atoms with Crippen molar-refractivity contribution in [1.29, 1.82) is 0 Å². The second-order valence-corrected chi connectivity index (χ2v) is 4.50. The summed E-state index contributed by atoms with van der Waals surface area (Å²) in [6.07, 6.45) is 0. The van der Waals surface area contributed by atoms with E-state index in [4.69, 9.17) is 10.5 Å². The summed E-state index contributed by atoms with van der Waals surface area (Å²) < 4.78 is 5.38. The molecule has 0 saturated heterocycles. The average Bonchev–Trinajstić information content (AvgIpc) is 2.82. The number of aromatic nitrogens is 2. The van der Waals surface area contributed by atoms with Gasteiger partial charge in [0.1, 0.15) is 5.75 Å². The number of methoxy groups -OCH3 is 1. The first-order valence-corrected chi connectivity index (χ1v) is 5.98. The molecule has 1 aromatic carbocycles. The van der Waals surface area contributed by atoms with Crippen molar-refractivity contribution in [2.45, 2.75) is 27.3 Å². The normalized spacial score (nSPS) is 10.7. The molecule has 0 fully saturated rings. The van der Waals surface area contributed by atoms with E-state index in [2.05, 4.69) is 37.0 Å². The Morgan fingerprint density at radius 3 is 2.50 bits per heavy atom. The molecule has 4 heteroatoms. The standard InChI is InChI=1S/C14H19N3O/c1-8-5-13(18-4)9(2)10(3)14(8)12-6-11(7-15)16-17-12/h5-6H,7,15H2,1-4H3,(H,16,17). The minimum absolute atomic E-state index is 0.472. The van der Waals surface area contributed by atoms with Crippen LogP contribution in [0.3, 0.4) is 0 Å². The van der Waals surface area contributed by atoms with E-state index in [0.29, 0.717) is 6.54 Å². The Hall–Kier alpha value is -1.81. The van der Waals surface area contributed by atoms with Crippen molar-refractivity contribution in [3.63, 3.8) is 0 Å². The number of H-pyrrole nitrogens is 1. The van der Waals surface area contributed by atoms with Crippen molar-refractivity contribution in [3.8, 4) is 17.0 Å². The SMILES string of the molecule is COc1cc(C)c(-c2cc(CN)[nH]n2)c(C)c1C. The molecule has 3 N–H and O–H groups in total. The summed E-state index contributed by atoms with van der Waals surface area (Å²) in [5, 5.41) is 7.28. The Bertz CT molecular complexity index is 573. The minimum atomic E-state index is 0.472. The highest BCUT2D eigenvalue weighted by molar-refractivity contribution is 5.71. The molecule has 96 valence electrons. The number of ether oxygens (including phenoxy) is 1. The number of nitrogens with two attached hydrogens (primary N) is 1. The number of nitrogens with one attached hydrogen (secondary N) is 1. The van der Waals surface area contributed by atoms with E-state index in [9.17, 15) is 0 Å². The summed E-state index contributed by atoms with van der Waals surface area (Å²) in [4.78, 5) is 0. The maximum absolute atomic E-state index is 5.60. The van der Waals surface area contributed by atoms with Crippen molar-refractivity contribution < 1.29 is 4.74 Å². The second kappa shape index (κ2) is 4.82. The molecule has 18 heavy (non-hydrogen) atoms. The van der Waals surface area contributed by atoms with Crippen LogP contribution >= 0.6 is 0 Å². The average molecular weight is 245 g/mol.